The lowest BCUT2D eigenvalue weighted by molar-refractivity contribution is 0.00578. The zero-order chi connectivity index (χ0) is 14.0. The van der Waals surface area contributed by atoms with Crippen molar-refractivity contribution in [2.45, 2.75) is 45.8 Å². The largest absolute Gasteiger partial charge is 0.495 e. The third-order valence-electron chi connectivity index (χ3n) is 3.45. The Morgan fingerprint density at radius 3 is 2.11 bits per heavy atom. The maximum atomic E-state index is 5.93. The Labute approximate surface area is 110 Å². The molecular formula is C13H22BNO3. The SMILES string of the molecule is C=N/C=C(\C=C(/C)B1OC(C)(C)C(C)(C)O1)OC. The van der Waals surface area contributed by atoms with Crippen LogP contribution >= 0.6 is 0 Å². The second kappa shape index (κ2) is 5.28. The molecule has 0 N–H and O–H groups in total. The second-order valence-corrected chi connectivity index (χ2v) is 5.39. The molecule has 1 rings (SSSR count). The summed E-state index contributed by atoms with van der Waals surface area (Å²) in [4.78, 5) is 3.68. The third-order valence-corrected chi connectivity index (χ3v) is 3.45. The lowest BCUT2D eigenvalue weighted by Gasteiger charge is -2.32. The fraction of sp³-hybridized carbons (Fsp3) is 0.615. The van der Waals surface area contributed by atoms with Crippen molar-refractivity contribution in [2.24, 2.45) is 4.99 Å². The second-order valence-electron chi connectivity index (χ2n) is 5.39. The quantitative estimate of drug-likeness (QED) is 0.334. The molecular weight excluding hydrogens is 229 g/mol. The monoisotopic (exact) mass is 251 g/mol. The summed E-state index contributed by atoms with van der Waals surface area (Å²) in [5.74, 6) is 0.622. The van der Waals surface area contributed by atoms with E-state index in [0.29, 0.717) is 5.76 Å². The Morgan fingerprint density at radius 2 is 1.72 bits per heavy atom. The summed E-state index contributed by atoms with van der Waals surface area (Å²) in [6.07, 6.45) is 3.39. The van der Waals surface area contributed by atoms with Crippen LogP contribution in [0.5, 0.6) is 0 Å². The molecule has 0 aromatic heterocycles. The van der Waals surface area contributed by atoms with Gasteiger partial charge in [-0.3, -0.25) is 4.99 Å². The van der Waals surface area contributed by atoms with Crippen molar-refractivity contribution in [3.8, 4) is 0 Å². The zero-order valence-corrected chi connectivity index (χ0v) is 12.1. The van der Waals surface area contributed by atoms with Crippen LogP contribution in [-0.2, 0) is 14.0 Å². The molecule has 5 heteroatoms. The number of ether oxygens (including phenoxy) is 1. The molecule has 0 amide bonds. The van der Waals surface area contributed by atoms with Crippen molar-refractivity contribution in [1.82, 2.24) is 0 Å². The summed E-state index contributed by atoms with van der Waals surface area (Å²) in [7, 11) is 1.23. The average molecular weight is 251 g/mol. The van der Waals surface area contributed by atoms with Gasteiger partial charge in [0.25, 0.3) is 0 Å². The summed E-state index contributed by atoms with van der Waals surface area (Å²) < 4.78 is 17.0. The van der Waals surface area contributed by atoms with Gasteiger partial charge < -0.3 is 14.0 Å². The molecule has 0 bridgehead atoms. The minimum absolute atomic E-state index is 0.333. The minimum atomic E-state index is -0.363. The molecule has 0 aromatic rings. The number of nitrogens with zero attached hydrogens (tertiary/aromatic N) is 1. The number of hydrogen-bond acceptors (Lipinski definition) is 4. The molecule has 0 radical (unpaired) electrons. The molecule has 0 atom stereocenters. The van der Waals surface area contributed by atoms with Crippen molar-refractivity contribution < 1.29 is 14.0 Å². The Hall–Kier alpha value is -1.07. The molecule has 1 saturated heterocycles. The molecule has 100 valence electrons. The van der Waals surface area contributed by atoms with Crippen LogP contribution in [0.25, 0.3) is 0 Å². The average Bonchev–Trinajstić information content (AvgIpc) is 2.47. The smallest absolute Gasteiger partial charge is 0.490 e. The van der Waals surface area contributed by atoms with Crippen molar-refractivity contribution in [1.29, 1.82) is 0 Å². The highest BCUT2D eigenvalue weighted by Crippen LogP contribution is 2.38. The Bertz CT molecular complexity index is 370. The Kier molecular flexibility index (Phi) is 4.40. The van der Waals surface area contributed by atoms with E-state index >= 15 is 0 Å². The van der Waals surface area contributed by atoms with E-state index in [1.807, 2.05) is 40.7 Å². The van der Waals surface area contributed by atoms with Crippen LogP contribution in [0.3, 0.4) is 0 Å². The van der Waals surface area contributed by atoms with E-state index in [9.17, 15) is 0 Å². The van der Waals surface area contributed by atoms with Crippen LogP contribution in [0, 0.1) is 0 Å². The highest BCUT2D eigenvalue weighted by atomic mass is 16.7. The number of hydrogen-bond donors (Lipinski definition) is 0. The van der Waals surface area contributed by atoms with Gasteiger partial charge >= 0.3 is 7.12 Å². The van der Waals surface area contributed by atoms with Gasteiger partial charge in [-0.1, -0.05) is 0 Å². The molecule has 0 unspecified atom stereocenters. The first-order valence-corrected chi connectivity index (χ1v) is 5.97. The first-order valence-electron chi connectivity index (χ1n) is 5.97. The van der Waals surface area contributed by atoms with Crippen LogP contribution in [0.4, 0.5) is 0 Å². The zero-order valence-electron chi connectivity index (χ0n) is 12.1. The minimum Gasteiger partial charge on any atom is -0.495 e. The van der Waals surface area contributed by atoms with Crippen LogP contribution in [0.2, 0.25) is 0 Å². The van der Waals surface area contributed by atoms with E-state index in [2.05, 4.69) is 11.7 Å². The molecule has 0 saturated carbocycles. The standard InChI is InChI=1S/C13H22BNO3/c1-10(8-11(16-7)9-15-6)14-17-12(2,3)13(4,5)18-14/h8-9H,6H2,1-5,7H3/b10-8+,11-9+. The maximum absolute atomic E-state index is 5.93. The molecule has 0 aliphatic carbocycles. The molecule has 1 heterocycles. The molecule has 1 aliphatic heterocycles. The van der Waals surface area contributed by atoms with Crippen LogP contribution in [0.1, 0.15) is 34.6 Å². The summed E-state index contributed by atoms with van der Waals surface area (Å²) in [6, 6.07) is 0. The van der Waals surface area contributed by atoms with Gasteiger partial charge in [-0.2, -0.15) is 0 Å². The molecule has 0 aromatic carbocycles. The van der Waals surface area contributed by atoms with E-state index in [0.717, 1.165) is 5.47 Å². The van der Waals surface area contributed by atoms with Crippen molar-refractivity contribution in [3.63, 3.8) is 0 Å². The predicted octanol–water partition coefficient (Wildman–Crippen LogP) is 2.75. The summed E-state index contributed by atoms with van der Waals surface area (Å²) >= 11 is 0. The number of aliphatic imine (C=N–C) groups is 1. The van der Waals surface area contributed by atoms with Gasteiger partial charge in [0.15, 0.2) is 0 Å². The van der Waals surface area contributed by atoms with E-state index < -0.39 is 0 Å². The maximum Gasteiger partial charge on any atom is 0.490 e. The van der Waals surface area contributed by atoms with Crippen molar-refractivity contribution in [3.05, 3.63) is 23.5 Å². The van der Waals surface area contributed by atoms with Gasteiger partial charge in [0.2, 0.25) is 0 Å². The van der Waals surface area contributed by atoms with E-state index in [4.69, 9.17) is 14.0 Å². The summed E-state index contributed by atoms with van der Waals surface area (Å²) in [6.45, 7) is 13.4. The van der Waals surface area contributed by atoms with Gasteiger partial charge in [0.1, 0.15) is 5.76 Å². The van der Waals surface area contributed by atoms with Crippen molar-refractivity contribution in [2.75, 3.05) is 7.11 Å². The first-order chi connectivity index (χ1) is 8.23. The van der Waals surface area contributed by atoms with E-state index in [-0.39, 0.29) is 18.3 Å². The van der Waals surface area contributed by atoms with Gasteiger partial charge in [0.05, 0.1) is 24.5 Å². The molecule has 1 fully saturated rings. The highest BCUT2D eigenvalue weighted by Gasteiger charge is 2.51. The number of methoxy groups -OCH3 is 1. The van der Waals surface area contributed by atoms with Gasteiger partial charge in [-0.15, -0.1) is 0 Å². The first kappa shape index (κ1) is 15.0. The van der Waals surface area contributed by atoms with Gasteiger partial charge in [-0.05, 0) is 52.9 Å². The van der Waals surface area contributed by atoms with Crippen LogP contribution < -0.4 is 0 Å². The fourth-order valence-corrected chi connectivity index (χ4v) is 1.56. The molecule has 1 aliphatic rings. The predicted molar refractivity (Wildman–Crippen MR) is 74.5 cm³/mol. The van der Waals surface area contributed by atoms with Crippen LogP contribution in [-0.4, -0.2) is 32.1 Å². The van der Waals surface area contributed by atoms with Crippen molar-refractivity contribution >= 4 is 13.8 Å². The molecule has 18 heavy (non-hydrogen) atoms. The number of allylic oxidation sites excluding steroid dienone is 2. The van der Waals surface area contributed by atoms with E-state index in [1.54, 1.807) is 13.3 Å². The topological polar surface area (TPSA) is 40.0 Å². The van der Waals surface area contributed by atoms with Gasteiger partial charge in [-0.25, -0.2) is 0 Å². The van der Waals surface area contributed by atoms with Gasteiger partial charge in [0, 0.05) is 0 Å². The lowest BCUT2D eigenvalue weighted by atomic mass is 9.79. The third kappa shape index (κ3) is 3.03. The normalized spacial score (nSPS) is 23.1. The summed E-state index contributed by atoms with van der Waals surface area (Å²) in [5.41, 5.74) is 0.270. The molecule has 4 nitrogen and oxygen atoms in total. The Morgan fingerprint density at radius 1 is 1.22 bits per heavy atom. The summed E-state index contributed by atoms with van der Waals surface area (Å²) in [5, 5.41) is 0. The highest BCUT2D eigenvalue weighted by molar-refractivity contribution is 6.54. The van der Waals surface area contributed by atoms with Crippen LogP contribution in [0.15, 0.2) is 28.5 Å². The molecule has 0 spiro atoms. The van der Waals surface area contributed by atoms with E-state index in [1.165, 1.54) is 0 Å². The number of rotatable bonds is 4. The fourth-order valence-electron chi connectivity index (χ4n) is 1.56. The Balaban J connectivity index is 2.88. The lowest BCUT2D eigenvalue weighted by Crippen LogP contribution is -2.41.